The lowest BCUT2D eigenvalue weighted by Crippen LogP contribution is -2.50. The molecule has 0 saturated carbocycles. The first kappa shape index (κ1) is 40.1. The van der Waals surface area contributed by atoms with Crippen molar-refractivity contribution in [2.45, 2.75) is 167 Å². The van der Waals surface area contributed by atoms with E-state index in [0.717, 1.165) is 62.8 Å². The molecule has 0 aliphatic heterocycles. The van der Waals surface area contributed by atoms with Crippen LogP contribution in [0.5, 0.6) is 0 Å². The fourth-order valence-corrected chi connectivity index (χ4v) is 5.88. The Morgan fingerprint density at radius 3 is 1.29 bits per heavy atom. The lowest BCUT2D eigenvalue weighted by Gasteiger charge is -2.39. The van der Waals surface area contributed by atoms with Gasteiger partial charge in [0.25, 0.3) is 0 Å². The van der Waals surface area contributed by atoms with Gasteiger partial charge in [0.15, 0.2) is 0 Å². The maximum Gasteiger partial charge on any atom is 0.303 e. The van der Waals surface area contributed by atoms with Crippen LogP contribution in [0.4, 0.5) is 0 Å². The van der Waals surface area contributed by atoms with Crippen molar-refractivity contribution in [1.82, 2.24) is 0 Å². The first-order valence-corrected chi connectivity index (χ1v) is 17.4. The van der Waals surface area contributed by atoms with Crippen molar-refractivity contribution in [2.75, 3.05) is 26.2 Å². The highest BCUT2D eigenvalue weighted by Crippen LogP contribution is 2.18. The first-order valence-electron chi connectivity index (χ1n) is 17.4. The molecular formula is C35H65NO6. The largest absolute Gasteiger partial charge is 0.550 e. The highest BCUT2D eigenvalue weighted by atomic mass is 16.4. The minimum absolute atomic E-state index is 0.0527. The SMILES string of the molecule is CCCCCCCCCCCCCCCC/C=C/CC[N+](CCCCC(=O)[O-])(CCCCC(=O)O)CCCCC(=O)O. The van der Waals surface area contributed by atoms with Crippen molar-refractivity contribution in [3.63, 3.8) is 0 Å². The molecule has 0 aromatic rings. The molecular weight excluding hydrogens is 530 g/mol. The molecule has 0 bridgehead atoms. The number of aliphatic carboxylic acids is 3. The van der Waals surface area contributed by atoms with Gasteiger partial charge in [0.05, 0.1) is 26.2 Å². The van der Waals surface area contributed by atoms with Crippen LogP contribution in [0.2, 0.25) is 0 Å². The molecule has 0 saturated heterocycles. The molecule has 0 unspecified atom stereocenters. The van der Waals surface area contributed by atoms with Crippen molar-refractivity contribution in [3.05, 3.63) is 12.2 Å². The van der Waals surface area contributed by atoms with E-state index in [0.29, 0.717) is 19.3 Å². The summed E-state index contributed by atoms with van der Waals surface area (Å²) in [6.07, 6.45) is 30.2. The van der Waals surface area contributed by atoms with E-state index in [-0.39, 0.29) is 19.3 Å². The van der Waals surface area contributed by atoms with Crippen LogP contribution in [-0.4, -0.2) is 58.8 Å². The Bertz CT molecular complexity index is 638. The molecule has 0 aliphatic carbocycles. The maximum atomic E-state index is 11.0. The fourth-order valence-electron chi connectivity index (χ4n) is 5.88. The van der Waals surface area contributed by atoms with E-state index in [1.165, 1.54) is 89.9 Å². The van der Waals surface area contributed by atoms with E-state index >= 15 is 0 Å². The molecule has 0 atom stereocenters. The van der Waals surface area contributed by atoms with Crippen LogP contribution in [0.25, 0.3) is 0 Å². The Balaban J connectivity index is 4.40. The molecule has 0 rings (SSSR count). The maximum absolute atomic E-state index is 11.0. The standard InChI is InChI=1S/C35H65NO6/c1-2-3-4-5-6-7-8-9-10-11-12-13-14-15-16-17-18-22-29-36(30-23-19-26-33(37)38,31-24-20-27-34(39)40)32-25-21-28-35(41)42/h17-18H,2-16,19-32H2,1H3,(H2-,37,38,39,40,41,42)/b18-17+. The molecule has 0 heterocycles. The van der Waals surface area contributed by atoms with Crippen LogP contribution < -0.4 is 5.11 Å². The van der Waals surface area contributed by atoms with Gasteiger partial charge in [0.2, 0.25) is 0 Å². The monoisotopic (exact) mass is 595 g/mol. The Kier molecular flexibility index (Phi) is 27.9. The van der Waals surface area contributed by atoms with Crippen LogP contribution >= 0.6 is 0 Å². The van der Waals surface area contributed by atoms with Gasteiger partial charge in [-0.15, -0.1) is 0 Å². The summed E-state index contributed by atoms with van der Waals surface area (Å²) in [5.74, 6) is -2.59. The lowest BCUT2D eigenvalue weighted by atomic mass is 10.0. The third-order valence-corrected chi connectivity index (χ3v) is 8.47. The zero-order valence-electron chi connectivity index (χ0n) is 27.1. The number of carboxylic acids is 3. The van der Waals surface area contributed by atoms with Crippen LogP contribution in [0.15, 0.2) is 12.2 Å². The smallest absolute Gasteiger partial charge is 0.303 e. The highest BCUT2D eigenvalue weighted by molar-refractivity contribution is 5.66. The van der Waals surface area contributed by atoms with Gasteiger partial charge in [-0.25, -0.2) is 0 Å². The first-order chi connectivity index (χ1) is 20.3. The summed E-state index contributed by atoms with van der Waals surface area (Å²) in [6.45, 7) is 5.71. The summed E-state index contributed by atoms with van der Waals surface area (Å²) in [5, 5.41) is 29.0. The molecule has 42 heavy (non-hydrogen) atoms. The van der Waals surface area contributed by atoms with E-state index < -0.39 is 17.9 Å². The molecule has 0 radical (unpaired) electrons. The summed E-state index contributed by atoms with van der Waals surface area (Å²) in [6, 6.07) is 0. The number of rotatable bonds is 33. The Labute approximate surface area is 257 Å². The lowest BCUT2D eigenvalue weighted by molar-refractivity contribution is -0.928. The third-order valence-electron chi connectivity index (χ3n) is 8.47. The molecule has 0 amide bonds. The predicted molar refractivity (Wildman–Crippen MR) is 170 cm³/mol. The second kappa shape index (κ2) is 29.2. The van der Waals surface area contributed by atoms with Gasteiger partial charge in [0, 0.05) is 25.2 Å². The molecule has 7 nitrogen and oxygen atoms in total. The Morgan fingerprint density at radius 1 is 0.500 bits per heavy atom. The molecule has 0 aliphatic rings. The van der Waals surface area contributed by atoms with E-state index in [9.17, 15) is 19.5 Å². The van der Waals surface area contributed by atoms with E-state index in [1.807, 2.05) is 0 Å². The number of quaternary nitrogens is 1. The van der Waals surface area contributed by atoms with Crippen LogP contribution in [0.3, 0.4) is 0 Å². The van der Waals surface area contributed by atoms with Crippen molar-refractivity contribution < 1.29 is 34.2 Å². The minimum atomic E-state index is -1.03. The van der Waals surface area contributed by atoms with E-state index in [1.54, 1.807) is 0 Å². The fraction of sp³-hybridized carbons (Fsp3) is 0.857. The zero-order chi connectivity index (χ0) is 31.2. The summed E-state index contributed by atoms with van der Waals surface area (Å²) < 4.78 is 0.801. The predicted octanol–water partition coefficient (Wildman–Crippen LogP) is 8.05. The number of allylic oxidation sites excluding steroid dienone is 1. The van der Waals surface area contributed by atoms with Crippen molar-refractivity contribution in [1.29, 1.82) is 0 Å². The van der Waals surface area contributed by atoms with Crippen molar-refractivity contribution >= 4 is 17.9 Å². The normalized spacial score (nSPS) is 11.8. The number of carbonyl (C=O) groups excluding carboxylic acids is 1. The Morgan fingerprint density at radius 2 is 0.881 bits per heavy atom. The second-order valence-corrected chi connectivity index (χ2v) is 12.4. The van der Waals surface area contributed by atoms with Crippen molar-refractivity contribution in [2.24, 2.45) is 0 Å². The summed E-state index contributed by atoms with van der Waals surface area (Å²) in [4.78, 5) is 32.9. The van der Waals surface area contributed by atoms with E-state index in [2.05, 4.69) is 19.1 Å². The number of carbonyl (C=O) groups is 3. The van der Waals surface area contributed by atoms with Gasteiger partial charge in [0.1, 0.15) is 0 Å². The van der Waals surface area contributed by atoms with E-state index in [4.69, 9.17) is 10.2 Å². The molecule has 0 aromatic carbocycles. The van der Waals surface area contributed by atoms with Gasteiger partial charge in [-0.2, -0.15) is 0 Å². The summed E-state index contributed by atoms with van der Waals surface area (Å²) in [7, 11) is 0. The van der Waals surface area contributed by atoms with Gasteiger partial charge >= 0.3 is 11.9 Å². The number of hydrogen-bond donors (Lipinski definition) is 2. The molecule has 7 heteroatoms. The molecule has 0 spiro atoms. The Hall–Kier alpha value is -1.89. The average Bonchev–Trinajstić information content (AvgIpc) is 2.94. The third kappa shape index (κ3) is 28.2. The second-order valence-electron chi connectivity index (χ2n) is 12.4. The molecule has 0 aromatic heterocycles. The number of hydrogen-bond acceptors (Lipinski definition) is 4. The van der Waals surface area contributed by atoms with Crippen molar-refractivity contribution in [3.8, 4) is 0 Å². The average molecular weight is 596 g/mol. The number of nitrogens with zero attached hydrogens (tertiary/aromatic N) is 1. The molecule has 246 valence electrons. The molecule has 2 N–H and O–H groups in total. The zero-order valence-corrected chi connectivity index (χ0v) is 27.1. The highest BCUT2D eigenvalue weighted by Gasteiger charge is 2.25. The summed E-state index contributed by atoms with van der Waals surface area (Å²) in [5.41, 5.74) is 0. The quantitative estimate of drug-likeness (QED) is 0.0451. The summed E-state index contributed by atoms with van der Waals surface area (Å²) >= 11 is 0. The number of carboxylic acid groups (broad SMARTS) is 3. The van der Waals surface area contributed by atoms with Crippen LogP contribution in [-0.2, 0) is 14.4 Å². The van der Waals surface area contributed by atoms with Gasteiger partial charge in [-0.05, 0) is 57.8 Å². The van der Waals surface area contributed by atoms with Gasteiger partial charge < -0.3 is 24.6 Å². The number of unbranched alkanes of at least 4 members (excludes halogenated alkanes) is 17. The van der Waals surface area contributed by atoms with Gasteiger partial charge in [-0.1, -0.05) is 103 Å². The van der Waals surface area contributed by atoms with Crippen LogP contribution in [0, 0.1) is 0 Å². The van der Waals surface area contributed by atoms with Gasteiger partial charge in [-0.3, -0.25) is 9.59 Å². The topological polar surface area (TPSA) is 115 Å². The van der Waals surface area contributed by atoms with Crippen LogP contribution in [0.1, 0.15) is 167 Å². The minimum Gasteiger partial charge on any atom is -0.550 e. The molecule has 0 fully saturated rings.